The van der Waals surface area contributed by atoms with E-state index in [0.717, 1.165) is 56.9 Å². The molecule has 0 atom stereocenters. The number of esters is 2. The lowest BCUT2D eigenvalue weighted by Gasteiger charge is -2.05. The van der Waals surface area contributed by atoms with Crippen molar-refractivity contribution in [2.75, 3.05) is 13.2 Å². The monoisotopic (exact) mass is 368 g/mol. The first-order valence-corrected chi connectivity index (χ1v) is 10.5. The quantitative estimate of drug-likeness (QED) is 0.176. The second kappa shape index (κ2) is 18.5. The smallest absolute Gasteiger partial charge is 0.306 e. The Labute approximate surface area is 160 Å². The summed E-state index contributed by atoms with van der Waals surface area (Å²) in [5.74, 6) is -0.167. The maximum atomic E-state index is 11.6. The molecule has 0 aromatic rings. The van der Waals surface area contributed by atoms with Crippen molar-refractivity contribution in [1.29, 1.82) is 0 Å². The van der Waals surface area contributed by atoms with Crippen molar-refractivity contribution in [1.82, 2.24) is 0 Å². The molecule has 0 unspecified atom stereocenters. The molecule has 0 aliphatic carbocycles. The molecule has 4 heteroatoms. The Bertz CT molecular complexity index is 384. The van der Waals surface area contributed by atoms with E-state index in [0.29, 0.717) is 26.1 Å². The summed E-state index contributed by atoms with van der Waals surface area (Å²) in [6, 6.07) is 0. The predicted molar refractivity (Wildman–Crippen MR) is 107 cm³/mol. The molecule has 26 heavy (non-hydrogen) atoms. The number of ether oxygens (including phenoxy) is 2. The molecule has 0 radical (unpaired) electrons. The van der Waals surface area contributed by atoms with Gasteiger partial charge in [0.1, 0.15) is 6.61 Å². The van der Waals surface area contributed by atoms with Gasteiger partial charge in [-0.2, -0.15) is 0 Å². The Morgan fingerprint density at radius 3 is 1.77 bits per heavy atom. The van der Waals surface area contributed by atoms with Crippen molar-refractivity contribution in [2.45, 2.75) is 104 Å². The van der Waals surface area contributed by atoms with E-state index in [1.165, 1.54) is 19.3 Å². The summed E-state index contributed by atoms with van der Waals surface area (Å²) in [4.78, 5) is 23.1. The number of allylic oxidation sites excluding steroid dienone is 1. The summed E-state index contributed by atoms with van der Waals surface area (Å²) in [7, 11) is 0. The first-order chi connectivity index (χ1) is 12.6. The van der Waals surface area contributed by atoms with Crippen molar-refractivity contribution in [3.05, 3.63) is 11.6 Å². The van der Waals surface area contributed by atoms with Crippen molar-refractivity contribution < 1.29 is 19.1 Å². The van der Waals surface area contributed by atoms with Gasteiger partial charge in [-0.25, -0.2) is 0 Å². The van der Waals surface area contributed by atoms with E-state index in [1.807, 2.05) is 19.9 Å². The normalized spacial score (nSPS) is 10.4. The minimum Gasteiger partial charge on any atom is -0.466 e. The molecule has 0 aromatic heterocycles. The molecule has 0 fully saturated rings. The lowest BCUT2D eigenvalue weighted by Crippen LogP contribution is -2.05. The fourth-order valence-electron chi connectivity index (χ4n) is 2.58. The van der Waals surface area contributed by atoms with E-state index in [1.54, 1.807) is 0 Å². The van der Waals surface area contributed by atoms with Crippen LogP contribution in [0.5, 0.6) is 0 Å². The molecule has 0 spiro atoms. The summed E-state index contributed by atoms with van der Waals surface area (Å²) in [6.45, 7) is 7.13. The molecule has 152 valence electrons. The Hall–Kier alpha value is -1.32. The molecule has 0 aliphatic heterocycles. The van der Waals surface area contributed by atoms with Gasteiger partial charge in [-0.15, -0.1) is 0 Å². The maximum Gasteiger partial charge on any atom is 0.306 e. The molecular weight excluding hydrogens is 328 g/mol. The highest BCUT2D eigenvalue weighted by Gasteiger charge is 2.03. The molecule has 4 nitrogen and oxygen atoms in total. The van der Waals surface area contributed by atoms with Crippen LogP contribution in [0.3, 0.4) is 0 Å². The van der Waals surface area contributed by atoms with E-state index in [4.69, 9.17) is 9.47 Å². The highest BCUT2D eigenvalue weighted by atomic mass is 16.5. The van der Waals surface area contributed by atoms with Crippen LogP contribution in [0.25, 0.3) is 0 Å². The van der Waals surface area contributed by atoms with Gasteiger partial charge in [0.25, 0.3) is 0 Å². The Morgan fingerprint density at radius 1 is 0.692 bits per heavy atom. The van der Waals surface area contributed by atoms with Crippen LogP contribution in [0.15, 0.2) is 11.6 Å². The van der Waals surface area contributed by atoms with Gasteiger partial charge in [0.05, 0.1) is 6.61 Å². The van der Waals surface area contributed by atoms with E-state index in [9.17, 15) is 9.59 Å². The molecule has 0 bridgehead atoms. The topological polar surface area (TPSA) is 52.6 Å². The van der Waals surface area contributed by atoms with Gasteiger partial charge < -0.3 is 9.47 Å². The second-order valence-electron chi connectivity index (χ2n) is 7.22. The van der Waals surface area contributed by atoms with Gasteiger partial charge in [0, 0.05) is 12.8 Å². The molecule has 0 saturated carbocycles. The highest BCUT2D eigenvalue weighted by molar-refractivity contribution is 5.69. The second-order valence-corrected chi connectivity index (χ2v) is 7.22. The average Bonchev–Trinajstić information content (AvgIpc) is 2.60. The molecule has 0 heterocycles. The van der Waals surface area contributed by atoms with Crippen LogP contribution in [0, 0.1) is 0 Å². The summed E-state index contributed by atoms with van der Waals surface area (Å²) in [5.41, 5.74) is 1.16. The van der Waals surface area contributed by atoms with Crippen LogP contribution in [-0.2, 0) is 19.1 Å². The summed E-state index contributed by atoms with van der Waals surface area (Å²) in [6.07, 6.45) is 14.9. The zero-order chi connectivity index (χ0) is 19.5. The molecule has 0 amide bonds. The zero-order valence-electron chi connectivity index (χ0n) is 17.3. The summed E-state index contributed by atoms with van der Waals surface area (Å²) in [5, 5.41) is 0. The SMILES string of the molecule is CCCCCCCOC(=O)CCCCCCCCC(=O)OCC=C(C)C. The molecule has 0 aromatic carbocycles. The fraction of sp³-hybridized carbons (Fsp3) is 0.818. The molecule has 0 N–H and O–H groups in total. The van der Waals surface area contributed by atoms with Gasteiger partial charge in [0.2, 0.25) is 0 Å². The molecule has 0 aliphatic rings. The van der Waals surface area contributed by atoms with Gasteiger partial charge >= 0.3 is 11.9 Å². The number of carbonyl (C=O) groups is 2. The van der Waals surface area contributed by atoms with Crippen LogP contribution in [0.2, 0.25) is 0 Å². The van der Waals surface area contributed by atoms with Crippen molar-refractivity contribution in [3.8, 4) is 0 Å². The number of rotatable bonds is 17. The van der Waals surface area contributed by atoms with Crippen molar-refractivity contribution in [3.63, 3.8) is 0 Å². The average molecular weight is 369 g/mol. The number of unbranched alkanes of at least 4 members (excludes halogenated alkanes) is 9. The van der Waals surface area contributed by atoms with Crippen molar-refractivity contribution in [2.24, 2.45) is 0 Å². The van der Waals surface area contributed by atoms with Gasteiger partial charge in [-0.1, -0.05) is 63.9 Å². The third kappa shape index (κ3) is 19.0. The fourth-order valence-corrected chi connectivity index (χ4v) is 2.58. The predicted octanol–water partition coefficient (Wildman–Crippen LogP) is 6.13. The van der Waals surface area contributed by atoms with Crippen LogP contribution in [0.4, 0.5) is 0 Å². The standard InChI is InChI=1S/C22H40O4/c1-4-5-6-11-14-18-25-21(23)15-12-9-7-8-10-13-16-22(24)26-19-17-20(2)3/h17H,4-16,18-19H2,1-3H3. The van der Waals surface area contributed by atoms with E-state index in [-0.39, 0.29) is 11.9 Å². The van der Waals surface area contributed by atoms with Crippen LogP contribution < -0.4 is 0 Å². The van der Waals surface area contributed by atoms with Crippen LogP contribution in [-0.4, -0.2) is 25.2 Å². The summed E-state index contributed by atoms with van der Waals surface area (Å²) < 4.78 is 10.4. The molecule has 0 saturated heterocycles. The van der Waals surface area contributed by atoms with Crippen LogP contribution in [0.1, 0.15) is 104 Å². The number of hydrogen-bond acceptors (Lipinski definition) is 4. The third-order valence-corrected chi connectivity index (χ3v) is 4.26. The van der Waals surface area contributed by atoms with E-state index >= 15 is 0 Å². The van der Waals surface area contributed by atoms with Crippen LogP contribution >= 0.6 is 0 Å². The van der Waals surface area contributed by atoms with Gasteiger partial charge in [0.15, 0.2) is 0 Å². The lowest BCUT2D eigenvalue weighted by molar-refractivity contribution is -0.144. The largest absolute Gasteiger partial charge is 0.466 e. The molecule has 0 rings (SSSR count). The minimum atomic E-state index is -0.111. The first kappa shape index (κ1) is 24.7. The Kier molecular flexibility index (Phi) is 17.5. The maximum absolute atomic E-state index is 11.6. The van der Waals surface area contributed by atoms with E-state index in [2.05, 4.69) is 6.92 Å². The first-order valence-electron chi connectivity index (χ1n) is 10.5. The summed E-state index contributed by atoms with van der Waals surface area (Å²) >= 11 is 0. The van der Waals surface area contributed by atoms with Crippen molar-refractivity contribution >= 4 is 11.9 Å². The molecular formula is C22H40O4. The lowest BCUT2D eigenvalue weighted by atomic mass is 10.1. The number of hydrogen-bond donors (Lipinski definition) is 0. The van der Waals surface area contributed by atoms with Gasteiger partial charge in [-0.05, 0) is 39.2 Å². The van der Waals surface area contributed by atoms with E-state index < -0.39 is 0 Å². The Balaban J connectivity index is 3.31. The zero-order valence-corrected chi connectivity index (χ0v) is 17.3. The van der Waals surface area contributed by atoms with Gasteiger partial charge in [-0.3, -0.25) is 9.59 Å². The minimum absolute atomic E-state index is 0.0559. The third-order valence-electron chi connectivity index (χ3n) is 4.26. The number of carbonyl (C=O) groups excluding carboxylic acids is 2. The highest BCUT2D eigenvalue weighted by Crippen LogP contribution is 2.10. The Morgan fingerprint density at radius 2 is 1.19 bits per heavy atom.